The van der Waals surface area contributed by atoms with E-state index >= 15 is 0 Å². The molecule has 3 heterocycles. The molecule has 1 aromatic heterocycles. The van der Waals surface area contributed by atoms with Crippen LogP contribution in [0.5, 0.6) is 0 Å². The van der Waals surface area contributed by atoms with E-state index in [1.807, 2.05) is 0 Å². The summed E-state index contributed by atoms with van der Waals surface area (Å²) in [7, 11) is 0. The van der Waals surface area contributed by atoms with Gasteiger partial charge in [0, 0.05) is 61.2 Å². The largest absolute Gasteiger partial charge is 0.455 e. The van der Waals surface area contributed by atoms with E-state index in [2.05, 4.69) is 229 Å². The molecule has 3 nitrogen and oxygen atoms in total. The van der Waals surface area contributed by atoms with Crippen LogP contribution in [0.4, 0.5) is 28.4 Å². The fraction of sp³-hybridized carbons (Fsp3) is 0.175. The van der Waals surface area contributed by atoms with Crippen LogP contribution in [0.1, 0.15) is 81.8 Å². The van der Waals surface area contributed by atoms with E-state index in [9.17, 15) is 0 Å². The third-order valence-corrected chi connectivity index (χ3v) is 16.3. The summed E-state index contributed by atoms with van der Waals surface area (Å²) >= 11 is 0. The molecule has 0 spiro atoms. The summed E-state index contributed by atoms with van der Waals surface area (Å²) in [5.74, 6) is 0. The van der Waals surface area contributed by atoms with E-state index in [1.165, 1.54) is 117 Å². The topological polar surface area (TPSA) is 19.6 Å². The van der Waals surface area contributed by atoms with Gasteiger partial charge in [-0.2, -0.15) is 0 Å². The summed E-state index contributed by atoms with van der Waals surface area (Å²) in [4.78, 5) is 5.32. The van der Waals surface area contributed by atoms with E-state index < -0.39 is 0 Å². The Hall–Kier alpha value is -7.30. The average Bonchev–Trinajstić information content (AvgIpc) is 3.89. The molecule has 0 bridgehead atoms. The maximum Gasteiger partial charge on any atom is 0.333 e. The Labute approximate surface area is 393 Å². The van der Waals surface area contributed by atoms with E-state index in [0.717, 1.165) is 21.9 Å². The third kappa shape index (κ3) is 5.08. The molecule has 4 heteroatoms. The summed E-state index contributed by atoms with van der Waals surface area (Å²) in [6.45, 7) is 18.6. The lowest BCUT2D eigenvalue weighted by Crippen LogP contribution is -2.61. The smallest absolute Gasteiger partial charge is 0.333 e. The van der Waals surface area contributed by atoms with Crippen LogP contribution in [0.25, 0.3) is 66.1 Å². The molecule has 2 aliphatic carbocycles. The molecule has 0 N–H and O–H groups in total. The predicted octanol–water partition coefficient (Wildman–Crippen LogP) is 15.7. The summed E-state index contributed by atoms with van der Waals surface area (Å²) in [6.07, 6.45) is 0. The van der Waals surface area contributed by atoms with E-state index in [1.54, 1.807) is 0 Å². The number of benzene rings is 9. The highest BCUT2D eigenvalue weighted by Crippen LogP contribution is 2.56. The monoisotopic (exact) mass is 862 g/mol. The number of hydrogen-bond acceptors (Lipinski definition) is 3. The second-order valence-corrected chi connectivity index (χ2v) is 21.8. The fourth-order valence-electron chi connectivity index (χ4n) is 12.9. The third-order valence-electron chi connectivity index (χ3n) is 16.3. The molecule has 0 saturated carbocycles. The van der Waals surface area contributed by atoms with Crippen molar-refractivity contribution in [3.63, 3.8) is 0 Å². The molecular formula is C63H51BN2O. The van der Waals surface area contributed by atoms with Gasteiger partial charge >= 0.3 is 6.85 Å². The van der Waals surface area contributed by atoms with E-state index in [0.29, 0.717) is 0 Å². The predicted molar refractivity (Wildman–Crippen MR) is 284 cm³/mol. The molecule has 0 radical (unpaired) electrons. The van der Waals surface area contributed by atoms with Gasteiger partial charge in [-0.05, 0) is 138 Å². The second-order valence-electron chi connectivity index (χ2n) is 21.8. The SMILES string of the molecule is Cc1cc(C(C)(C)C)ccc1N1c2cc3c(cc2B2c4c1cc1c(oc5ccccc51)c4-c1cc4ccccc4cc1N2c1ccc2c(c1)-c1ccccc1C2(C)C)-c1ccccc1C3(C)C. The van der Waals surface area contributed by atoms with Gasteiger partial charge in [0.25, 0.3) is 0 Å². The maximum absolute atomic E-state index is 7.17. The Balaban J connectivity index is 1.16. The molecule has 0 unspecified atom stereocenters. The number of aryl methyl sites for hydroxylation is 1. The van der Waals surface area contributed by atoms with Gasteiger partial charge in [0.2, 0.25) is 0 Å². The molecule has 0 fully saturated rings. The number of rotatable bonds is 2. The van der Waals surface area contributed by atoms with Gasteiger partial charge in [-0.3, -0.25) is 0 Å². The first-order chi connectivity index (χ1) is 32.3. The van der Waals surface area contributed by atoms with Crippen LogP contribution in [0, 0.1) is 6.92 Å². The minimum Gasteiger partial charge on any atom is -0.455 e. The average molecular weight is 863 g/mol. The first kappa shape index (κ1) is 38.9. The zero-order chi connectivity index (χ0) is 45.5. The molecule has 4 aliphatic rings. The fourth-order valence-corrected chi connectivity index (χ4v) is 12.9. The van der Waals surface area contributed by atoms with Gasteiger partial charge < -0.3 is 14.1 Å². The van der Waals surface area contributed by atoms with Crippen LogP contribution in [-0.2, 0) is 16.2 Å². The highest BCUT2D eigenvalue weighted by Gasteiger charge is 2.49. The number of nitrogens with zero attached hydrogens (tertiary/aromatic N) is 2. The lowest BCUT2D eigenvalue weighted by molar-refractivity contribution is 0.590. The number of hydrogen-bond donors (Lipinski definition) is 0. The van der Waals surface area contributed by atoms with Crippen LogP contribution in [-0.4, -0.2) is 6.85 Å². The van der Waals surface area contributed by atoms with Gasteiger partial charge in [-0.25, -0.2) is 0 Å². The van der Waals surface area contributed by atoms with Crippen molar-refractivity contribution in [3.05, 3.63) is 197 Å². The summed E-state index contributed by atoms with van der Waals surface area (Å²) in [5, 5.41) is 4.70. The minimum absolute atomic E-state index is 0.0111. The maximum atomic E-state index is 7.17. The van der Waals surface area contributed by atoms with Crippen LogP contribution in [0.3, 0.4) is 0 Å². The zero-order valence-electron chi connectivity index (χ0n) is 39.5. The van der Waals surface area contributed by atoms with Crippen molar-refractivity contribution in [1.82, 2.24) is 0 Å². The second kappa shape index (κ2) is 13.0. The Kier molecular flexibility index (Phi) is 7.54. The lowest BCUT2D eigenvalue weighted by Gasteiger charge is -2.46. The first-order valence-corrected chi connectivity index (χ1v) is 24.0. The Bertz CT molecular complexity index is 3840. The lowest BCUT2D eigenvalue weighted by atomic mass is 9.43. The molecular weight excluding hydrogens is 812 g/mol. The molecule has 14 rings (SSSR count). The summed E-state index contributed by atoms with van der Waals surface area (Å²) in [6, 6.07) is 62.6. The number of para-hydroxylation sites is 1. The van der Waals surface area contributed by atoms with Crippen LogP contribution in [0.2, 0.25) is 0 Å². The molecule has 2 aliphatic heterocycles. The van der Waals surface area contributed by atoms with Crippen LogP contribution in [0.15, 0.2) is 168 Å². The molecule has 67 heavy (non-hydrogen) atoms. The molecule has 0 atom stereocenters. The highest BCUT2D eigenvalue weighted by atomic mass is 16.3. The Morgan fingerprint density at radius 2 is 1.13 bits per heavy atom. The van der Waals surface area contributed by atoms with Crippen molar-refractivity contribution in [2.24, 2.45) is 0 Å². The molecule has 0 saturated heterocycles. The molecule has 9 aromatic carbocycles. The number of furan rings is 1. The standard InChI is InChI=1S/C63H51BN2O/c1-36-29-39(61(2,3)4)25-28-53(36)65-55-35-51-45(42-20-12-15-23-49(42)63(51,7)8)33-52(55)64-59-56(65)34-46-43-21-13-16-24-57(43)67-60(46)58(59)47-30-37-17-9-10-18-38(37)31-54(47)66(64)40-26-27-50-44(32-40)41-19-11-14-22-48(41)62(50,5)6/h9-35H,1-8H3. The van der Waals surface area contributed by atoms with Crippen LogP contribution < -0.4 is 20.6 Å². The van der Waals surface area contributed by atoms with Crippen molar-refractivity contribution in [2.75, 3.05) is 9.71 Å². The van der Waals surface area contributed by atoms with Crippen molar-refractivity contribution < 1.29 is 4.42 Å². The molecule has 0 amide bonds. The van der Waals surface area contributed by atoms with Gasteiger partial charge in [0.05, 0.1) is 0 Å². The normalized spacial score (nSPS) is 15.6. The van der Waals surface area contributed by atoms with Crippen molar-refractivity contribution in [1.29, 1.82) is 0 Å². The number of fused-ring (bicyclic) bond motifs is 15. The van der Waals surface area contributed by atoms with Crippen molar-refractivity contribution in [3.8, 4) is 33.4 Å². The summed E-state index contributed by atoms with van der Waals surface area (Å²) in [5.41, 5.74) is 25.9. The van der Waals surface area contributed by atoms with Gasteiger partial charge in [-0.15, -0.1) is 0 Å². The Morgan fingerprint density at radius 1 is 0.493 bits per heavy atom. The van der Waals surface area contributed by atoms with Gasteiger partial charge in [0.15, 0.2) is 0 Å². The van der Waals surface area contributed by atoms with Gasteiger partial charge in [0.1, 0.15) is 11.2 Å². The minimum atomic E-state index is -0.194. The molecule has 10 aromatic rings. The first-order valence-electron chi connectivity index (χ1n) is 24.0. The molecule has 322 valence electrons. The van der Waals surface area contributed by atoms with Gasteiger partial charge in [-0.1, -0.05) is 164 Å². The summed E-state index contributed by atoms with van der Waals surface area (Å²) < 4.78 is 7.17. The highest BCUT2D eigenvalue weighted by molar-refractivity contribution is 6.94. The zero-order valence-corrected chi connectivity index (χ0v) is 39.5. The van der Waals surface area contributed by atoms with Crippen LogP contribution >= 0.6 is 0 Å². The van der Waals surface area contributed by atoms with E-state index in [4.69, 9.17) is 4.42 Å². The van der Waals surface area contributed by atoms with E-state index in [-0.39, 0.29) is 23.1 Å². The van der Waals surface area contributed by atoms with Crippen molar-refractivity contribution in [2.45, 2.75) is 71.6 Å². The Morgan fingerprint density at radius 3 is 1.87 bits per heavy atom. The quantitative estimate of drug-likeness (QED) is 0.161. The number of anilines is 5. The van der Waals surface area contributed by atoms with Crippen molar-refractivity contribution >= 4 is 78.9 Å².